The maximum absolute atomic E-state index is 13.0. The van der Waals surface area contributed by atoms with Crippen molar-refractivity contribution in [3.8, 4) is 17.2 Å². The molecule has 2 aromatic carbocycles. The van der Waals surface area contributed by atoms with Crippen LogP contribution in [0.25, 0.3) is 5.76 Å². The van der Waals surface area contributed by atoms with E-state index in [1.54, 1.807) is 43.5 Å². The van der Waals surface area contributed by atoms with E-state index >= 15 is 0 Å². The third kappa shape index (κ3) is 5.12. The molecule has 2 N–H and O–H groups in total. The Morgan fingerprint density at radius 1 is 1.09 bits per heavy atom. The zero-order valence-corrected chi connectivity index (χ0v) is 19.2. The summed E-state index contributed by atoms with van der Waals surface area (Å²) in [5.74, 6) is -1.01. The average Bonchev–Trinajstić information content (AvgIpc) is 3.04. The Hall–Kier alpha value is -3.52. The molecular formula is C25H29NO7. The van der Waals surface area contributed by atoms with Gasteiger partial charge in [-0.3, -0.25) is 9.59 Å². The number of aromatic hydroxyl groups is 1. The van der Waals surface area contributed by atoms with E-state index < -0.39 is 17.7 Å². The van der Waals surface area contributed by atoms with Gasteiger partial charge in [-0.25, -0.2) is 0 Å². The zero-order chi connectivity index (χ0) is 24.1. The molecule has 0 spiro atoms. The maximum Gasteiger partial charge on any atom is 0.295 e. The van der Waals surface area contributed by atoms with Crippen molar-refractivity contribution in [1.29, 1.82) is 0 Å². The van der Waals surface area contributed by atoms with Crippen LogP contribution >= 0.6 is 0 Å². The summed E-state index contributed by atoms with van der Waals surface area (Å²) in [6, 6.07) is 10.4. The van der Waals surface area contributed by atoms with Gasteiger partial charge in [-0.15, -0.1) is 0 Å². The highest BCUT2D eigenvalue weighted by molar-refractivity contribution is 6.46. The summed E-state index contributed by atoms with van der Waals surface area (Å²) < 4.78 is 15.9. The summed E-state index contributed by atoms with van der Waals surface area (Å²) in [4.78, 5) is 27.4. The molecule has 1 saturated heterocycles. The van der Waals surface area contributed by atoms with Crippen molar-refractivity contribution in [2.24, 2.45) is 0 Å². The van der Waals surface area contributed by atoms with Crippen molar-refractivity contribution in [2.45, 2.75) is 32.4 Å². The number of benzene rings is 2. The van der Waals surface area contributed by atoms with E-state index in [1.165, 1.54) is 18.1 Å². The normalized spacial score (nSPS) is 17.6. The molecule has 33 heavy (non-hydrogen) atoms. The minimum absolute atomic E-state index is 0.00801. The second-order valence-corrected chi connectivity index (χ2v) is 7.96. The fourth-order valence-corrected chi connectivity index (χ4v) is 3.82. The lowest BCUT2D eigenvalue weighted by atomic mass is 9.95. The van der Waals surface area contributed by atoms with Gasteiger partial charge in [0, 0.05) is 25.8 Å². The summed E-state index contributed by atoms with van der Waals surface area (Å²) in [5, 5.41) is 21.1. The number of nitrogens with zero attached hydrogens (tertiary/aromatic N) is 1. The highest BCUT2D eigenvalue weighted by Crippen LogP contribution is 2.41. The van der Waals surface area contributed by atoms with Crippen LogP contribution in [0.1, 0.15) is 37.4 Å². The smallest absolute Gasteiger partial charge is 0.295 e. The summed E-state index contributed by atoms with van der Waals surface area (Å²) in [6.45, 7) is 4.48. The monoisotopic (exact) mass is 455 g/mol. The Morgan fingerprint density at radius 2 is 1.79 bits per heavy atom. The minimum Gasteiger partial charge on any atom is -0.507 e. The van der Waals surface area contributed by atoms with Gasteiger partial charge < -0.3 is 29.3 Å². The van der Waals surface area contributed by atoms with Crippen molar-refractivity contribution in [3.05, 3.63) is 59.2 Å². The third-order valence-electron chi connectivity index (χ3n) is 5.31. The molecule has 0 bridgehead atoms. The number of Topliss-reactive ketones (excluding diaryl/α,β-unsaturated/α-hetero) is 1. The number of phenolic OH excluding ortho intramolecular Hbond substituents is 1. The highest BCUT2D eigenvalue weighted by atomic mass is 16.5. The fourth-order valence-electron chi connectivity index (χ4n) is 3.82. The van der Waals surface area contributed by atoms with Crippen LogP contribution in [0.2, 0.25) is 0 Å². The number of methoxy groups -OCH3 is 2. The van der Waals surface area contributed by atoms with Crippen LogP contribution < -0.4 is 9.47 Å². The number of aliphatic hydroxyl groups excluding tert-OH is 1. The molecule has 1 aliphatic heterocycles. The number of carbonyl (C=O) groups excluding carboxylic acids is 2. The first kappa shape index (κ1) is 24.1. The summed E-state index contributed by atoms with van der Waals surface area (Å²) >= 11 is 0. The van der Waals surface area contributed by atoms with Gasteiger partial charge in [0.25, 0.3) is 11.7 Å². The van der Waals surface area contributed by atoms with Gasteiger partial charge >= 0.3 is 0 Å². The van der Waals surface area contributed by atoms with Gasteiger partial charge in [0.15, 0.2) is 11.5 Å². The van der Waals surface area contributed by atoms with Crippen molar-refractivity contribution in [1.82, 2.24) is 4.90 Å². The second-order valence-electron chi connectivity index (χ2n) is 7.96. The lowest BCUT2D eigenvalue weighted by Crippen LogP contribution is -2.31. The number of hydrogen-bond acceptors (Lipinski definition) is 7. The molecule has 0 radical (unpaired) electrons. The van der Waals surface area contributed by atoms with Gasteiger partial charge in [0.1, 0.15) is 11.5 Å². The van der Waals surface area contributed by atoms with E-state index in [2.05, 4.69) is 0 Å². The van der Waals surface area contributed by atoms with E-state index in [1.807, 2.05) is 13.8 Å². The molecule has 1 amide bonds. The Bertz CT molecular complexity index is 1040. The predicted molar refractivity (Wildman–Crippen MR) is 122 cm³/mol. The van der Waals surface area contributed by atoms with Crippen molar-refractivity contribution in [3.63, 3.8) is 0 Å². The Labute approximate surface area is 193 Å². The van der Waals surface area contributed by atoms with E-state index in [0.29, 0.717) is 29.9 Å². The predicted octanol–water partition coefficient (Wildman–Crippen LogP) is 3.65. The first-order valence-electron chi connectivity index (χ1n) is 10.7. The van der Waals surface area contributed by atoms with Crippen molar-refractivity contribution in [2.75, 3.05) is 27.4 Å². The molecule has 0 aliphatic carbocycles. The van der Waals surface area contributed by atoms with Crippen LogP contribution in [0.15, 0.2) is 48.0 Å². The standard InChI is InChI=1S/C25H29NO7/c1-15(2)33-18-9-6-16(7-10-18)23(28)21-22(17-8-11-19(27)20(14-17)32-4)26(12-5-13-31-3)25(30)24(21)29/h6-11,14-15,22,27-28H,5,12-13H2,1-4H3/t22-/m1/s1. The molecule has 1 aliphatic rings. The molecule has 8 nitrogen and oxygen atoms in total. The third-order valence-corrected chi connectivity index (χ3v) is 5.31. The number of ether oxygens (including phenoxy) is 3. The number of likely N-dealkylation sites (tertiary alicyclic amines) is 1. The zero-order valence-electron chi connectivity index (χ0n) is 19.2. The van der Waals surface area contributed by atoms with Crippen LogP contribution in [0.4, 0.5) is 0 Å². The van der Waals surface area contributed by atoms with Crippen LogP contribution in [-0.4, -0.2) is 60.3 Å². The van der Waals surface area contributed by atoms with Crippen LogP contribution in [0.3, 0.4) is 0 Å². The van der Waals surface area contributed by atoms with Gasteiger partial charge in [0.2, 0.25) is 0 Å². The quantitative estimate of drug-likeness (QED) is 0.257. The molecule has 1 fully saturated rings. The number of carbonyl (C=O) groups is 2. The SMILES string of the molecule is COCCCN1C(=O)C(=O)C(=C(O)c2ccc(OC(C)C)cc2)[C@H]1c1ccc(O)c(OC)c1. The molecule has 0 aromatic heterocycles. The number of rotatable bonds is 9. The van der Waals surface area contributed by atoms with Crippen molar-refractivity contribution >= 4 is 17.4 Å². The summed E-state index contributed by atoms with van der Waals surface area (Å²) in [6.07, 6.45) is 0.502. The van der Waals surface area contributed by atoms with E-state index in [-0.39, 0.29) is 35.5 Å². The lowest BCUT2D eigenvalue weighted by Gasteiger charge is -2.25. The molecule has 0 unspecified atom stereocenters. The molecule has 2 aromatic rings. The first-order chi connectivity index (χ1) is 15.8. The van der Waals surface area contributed by atoms with Gasteiger partial charge in [-0.05, 0) is 62.2 Å². The number of ketones is 1. The van der Waals surface area contributed by atoms with Crippen LogP contribution in [0.5, 0.6) is 17.2 Å². The average molecular weight is 456 g/mol. The molecule has 1 heterocycles. The van der Waals surface area contributed by atoms with Gasteiger partial charge in [-0.1, -0.05) is 6.07 Å². The second kappa shape index (κ2) is 10.4. The van der Waals surface area contributed by atoms with Crippen molar-refractivity contribution < 1.29 is 34.0 Å². The van der Waals surface area contributed by atoms with E-state index in [4.69, 9.17) is 14.2 Å². The largest absolute Gasteiger partial charge is 0.507 e. The Kier molecular flexibility index (Phi) is 7.60. The number of hydrogen-bond donors (Lipinski definition) is 2. The molecule has 8 heteroatoms. The topological polar surface area (TPSA) is 106 Å². The number of phenols is 1. The molecule has 1 atom stereocenters. The minimum atomic E-state index is -0.844. The van der Waals surface area contributed by atoms with Crippen LogP contribution in [-0.2, 0) is 14.3 Å². The Balaban J connectivity index is 2.09. The summed E-state index contributed by atoms with van der Waals surface area (Å²) in [7, 11) is 2.97. The number of aliphatic hydroxyl groups is 1. The van der Waals surface area contributed by atoms with E-state index in [9.17, 15) is 19.8 Å². The molecule has 176 valence electrons. The molecule has 3 rings (SSSR count). The van der Waals surface area contributed by atoms with Gasteiger partial charge in [0.05, 0.1) is 24.8 Å². The number of amides is 1. The van der Waals surface area contributed by atoms with Gasteiger partial charge in [-0.2, -0.15) is 0 Å². The summed E-state index contributed by atoms with van der Waals surface area (Å²) in [5.41, 5.74) is 0.891. The first-order valence-corrected chi connectivity index (χ1v) is 10.7. The molecular weight excluding hydrogens is 426 g/mol. The van der Waals surface area contributed by atoms with E-state index in [0.717, 1.165) is 0 Å². The maximum atomic E-state index is 13.0. The lowest BCUT2D eigenvalue weighted by molar-refractivity contribution is -0.140. The molecule has 0 saturated carbocycles. The fraction of sp³-hybridized carbons (Fsp3) is 0.360. The highest BCUT2D eigenvalue weighted by Gasteiger charge is 2.46. The Morgan fingerprint density at radius 3 is 2.39 bits per heavy atom. The van der Waals surface area contributed by atoms with Crippen LogP contribution in [0, 0.1) is 0 Å².